The molecule has 27 heavy (non-hydrogen) atoms. The molecule has 0 spiro atoms. The van der Waals surface area contributed by atoms with Crippen LogP contribution in [0.25, 0.3) is 11.3 Å². The Morgan fingerprint density at radius 2 is 2.00 bits per heavy atom. The lowest BCUT2D eigenvalue weighted by atomic mass is 9.98. The number of carbonyl (C=O) groups is 1. The molecule has 0 radical (unpaired) electrons. The van der Waals surface area contributed by atoms with Crippen LogP contribution in [0.1, 0.15) is 46.6 Å². The minimum atomic E-state index is -0.102. The second-order valence-corrected chi connectivity index (χ2v) is 8.43. The quantitative estimate of drug-likeness (QED) is 0.718. The van der Waals surface area contributed by atoms with Crippen molar-refractivity contribution < 1.29 is 4.79 Å². The molecule has 1 aromatic carbocycles. The monoisotopic (exact) mass is 381 g/mol. The Balaban J connectivity index is 1.69. The zero-order chi connectivity index (χ0) is 19.6. The zero-order valence-corrected chi connectivity index (χ0v) is 16.7. The molecule has 140 valence electrons. The highest BCUT2D eigenvalue weighted by Gasteiger charge is 2.20. The molecule has 0 unspecified atom stereocenters. The maximum atomic E-state index is 12.4. The van der Waals surface area contributed by atoms with Crippen molar-refractivity contribution in [2.24, 2.45) is 0 Å². The highest BCUT2D eigenvalue weighted by Crippen LogP contribution is 2.27. The Morgan fingerprint density at radius 1 is 1.22 bits per heavy atom. The van der Waals surface area contributed by atoms with E-state index in [0.717, 1.165) is 27.4 Å². The van der Waals surface area contributed by atoms with Gasteiger partial charge >= 0.3 is 0 Å². The predicted octanol–water partition coefficient (Wildman–Crippen LogP) is 3.72. The Morgan fingerprint density at radius 3 is 2.63 bits per heavy atom. The van der Waals surface area contributed by atoms with Gasteiger partial charge in [-0.15, -0.1) is 11.3 Å². The van der Waals surface area contributed by atoms with Crippen molar-refractivity contribution in [3.8, 4) is 11.3 Å². The number of carbonyl (C=O) groups excluding carboxylic acids is 1. The lowest BCUT2D eigenvalue weighted by Crippen LogP contribution is -2.22. The summed E-state index contributed by atoms with van der Waals surface area (Å²) in [6.07, 6.45) is 3.29. The predicted molar refractivity (Wildman–Crippen MR) is 109 cm³/mol. The summed E-state index contributed by atoms with van der Waals surface area (Å²) in [7, 11) is 0. The molecule has 1 amide bonds. The number of nitrogens with two attached hydrogens (primary N) is 1. The minimum Gasteiger partial charge on any atom is -0.368 e. The number of nitrogens with zero attached hydrogens (tertiary/aromatic N) is 3. The van der Waals surface area contributed by atoms with Crippen LogP contribution >= 0.6 is 11.3 Å². The Hall–Kier alpha value is -2.80. The molecule has 2 heterocycles. The fourth-order valence-electron chi connectivity index (χ4n) is 2.58. The highest BCUT2D eigenvalue weighted by atomic mass is 32.1. The molecular weight excluding hydrogens is 358 g/mol. The lowest BCUT2D eigenvalue weighted by Gasteiger charge is -2.13. The van der Waals surface area contributed by atoms with E-state index in [9.17, 15) is 4.79 Å². The molecular formula is C20H23N5OS. The number of nitrogen functional groups attached to an aromatic ring is 1. The second-order valence-electron chi connectivity index (χ2n) is 7.40. The van der Waals surface area contributed by atoms with Crippen LogP contribution in [0.3, 0.4) is 0 Å². The van der Waals surface area contributed by atoms with Gasteiger partial charge in [-0.3, -0.25) is 4.79 Å². The van der Waals surface area contributed by atoms with Gasteiger partial charge in [0.2, 0.25) is 5.95 Å². The van der Waals surface area contributed by atoms with Gasteiger partial charge in [0.05, 0.1) is 16.9 Å². The van der Waals surface area contributed by atoms with Gasteiger partial charge in [0.15, 0.2) is 0 Å². The van der Waals surface area contributed by atoms with Gasteiger partial charge in [0.25, 0.3) is 5.91 Å². The largest absolute Gasteiger partial charge is 0.368 e. The molecule has 6 nitrogen and oxygen atoms in total. The first kappa shape index (κ1) is 19.0. The van der Waals surface area contributed by atoms with E-state index < -0.39 is 0 Å². The van der Waals surface area contributed by atoms with Crippen LogP contribution in [0, 0.1) is 6.92 Å². The zero-order valence-electron chi connectivity index (χ0n) is 15.9. The van der Waals surface area contributed by atoms with Gasteiger partial charge in [0.1, 0.15) is 4.88 Å². The summed E-state index contributed by atoms with van der Waals surface area (Å²) in [5.74, 6) is 0.149. The number of rotatable bonds is 4. The SMILES string of the molecule is Cc1cc(-c2ccnc(N)n2)ccc1CNC(=O)c1cnc(C(C)(C)C)s1. The normalized spacial score (nSPS) is 11.4. The molecule has 3 N–H and O–H groups in total. The van der Waals surface area contributed by atoms with E-state index >= 15 is 0 Å². The number of aromatic nitrogens is 3. The lowest BCUT2D eigenvalue weighted by molar-refractivity contribution is 0.0954. The average molecular weight is 382 g/mol. The van der Waals surface area contributed by atoms with Gasteiger partial charge in [-0.2, -0.15) is 0 Å². The number of benzene rings is 1. The summed E-state index contributed by atoms with van der Waals surface area (Å²) in [4.78, 5) is 25.6. The summed E-state index contributed by atoms with van der Waals surface area (Å²) in [6.45, 7) is 8.73. The first-order chi connectivity index (χ1) is 12.7. The van der Waals surface area contributed by atoms with Gasteiger partial charge < -0.3 is 11.1 Å². The number of anilines is 1. The fraction of sp³-hybridized carbons (Fsp3) is 0.300. The molecule has 0 bridgehead atoms. The third kappa shape index (κ3) is 4.49. The summed E-state index contributed by atoms with van der Waals surface area (Å²) < 4.78 is 0. The summed E-state index contributed by atoms with van der Waals surface area (Å²) in [6, 6.07) is 7.83. The molecule has 2 aromatic heterocycles. The Kier molecular flexibility index (Phi) is 5.23. The number of nitrogens with one attached hydrogen (secondary N) is 1. The van der Waals surface area contributed by atoms with Crippen molar-refractivity contribution in [1.82, 2.24) is 20.3 Å². The van der Waals surface area contributed by atoms with E-state index in [1.165, 1.54) is 11.3 Å². The van der Waals surface area contributed by atoms with E-state index in [4.69, 9.17) is 5.73 Å². The third-order valence-corrected chi connectivity index (χ3v) is 5.54. The minimum absolute atomic E-state index is 0.0556. The molecule has 0 saturated carbocycles. The third-order valence-electron chi connectivity index (χ3n) is 4.12. The van der Waals surface area contributed by atoms with Crippen molar-refractivity contribution in [2.75, 3.05) is 5.73 Å². The number of hydrogen-bond donors (Lipinski definition) is 2. The highest BCUT2D eigenvalue weighted by molar-refractivity contribution is 7.13. The van der Waals surface area contributed by atoms with Crippen LogP contribution in [0.4, 0.5) is 5.95 Å². The smallest absolute Gasteiger partial charge is 0.263 e. The van der Waals surface area contributed by atoms with E-state index in [1.54, 1.807) is 12.4 Å². The van der Waals surface area contributed by atoms with Gasteiger partial charge in [0, 0.05) is 23.7 Å². The van der Waals surface area contributed by atoms with Crippen molar-refractivity contribution in [1.29, 1.82) is 0 Å². The molecule has 0 aliphatic heterocycles. The van der Waals surface area contributed by atoms with Crippen LogP contribution < -0.4 is 11.1 Å². The number of aryl methyl sites for hydroxylation is 1. The molecule has 0 aliphatic carbocycles. The molecule has 7 heteroatoms. The molecule has 3 rings (SSSR count). The Labute approximate surface area is 162 Å². The van der Waals surface area contributed by atoms with E-state index in [2.05, 4.69) is 41.0 Å². The van der Waals surface area contributed by atoms with Crippen LogP contribution in [0.2, 0.25) is 0 Å². The molecule has 0 aliphatic rings. The van der Waals surface area contributed by atoms with Crippen molar-refractivity contribution in [3.63, 3.8) is 0 Å². The summed E-state index contributed by atoms with van der Waals surface area (Å²) in [5, 5.41) is 3.93. The van der Waals surface area contributed by atoms with Crippen LogP contribution in [0.5, 0.6) is 0 Å². The van der Waals surface area contributed by atoms with E-state index in [0.29, 0.717) is 11.4 Å². The maximum absolute atomic E-state index is 12.4. The Bertz CT molecular complexity index is 974. The fourth-order valence-corrected chi connectivity index (χ4v) is 3.47. The molecule has 3 aromatic rings. The van der Waals surface area contributed by atoms with Crippen LogP contribution in [-0.2, 0) is 12.0 Å². The number of amides is 1. The van der Waals surface area contributed by atoms with E-state index in [1.807, 2.05) is 31.2 Å². The molecule has 0 saturated heterocycles. The van der Waals surface area contributed by atoms with Crippen molar-refractivity contribution in [3.05, 3.63) is 57.7 Å². The van der Waals surface area contributed by atoms with Crippen molar-refractivity contribution >= 4 is 23.2 Å². The van der Waals surface area contributed by atoms with Crippen LogP contribution in [-0.4, -0.2) is 20.9 Å². The summed E-state index contributed by atoms with van der Waals surface area (Å²) in [5.41, 5.74) is 9.47. The standard InChI is InChI=1S/C20H23N5OS/c1-12-9-13(15-7-8-22-19(21)25-15)5-6-14(12)10-23-17(26)16-11-24-18(27-16)20(2,3)4/h5-9,11H,10H2,1-4H3,(H,23,26)(H2,21,22,25). The topological polar surface area (TPSA) is 93.8 Å². The second kappa shape index (κ2) is 7.44. The van der Waals surface area contributed by atoms with Crippen molar-refractivity contribution in [2.45, 2.75) is 39.7 Å². The van der Waals surface area contributed by atoms with Gasteiger partial charge in [-0.25, -0.2) is 15.0 Å². The van der Waals surface area contributed by atoms with Gasteiger partial charge in [-0.1, -0.05) is 32.9 Å². The van der Waals surface area contributed by atoms with Gasteiger partial charge in [-0.05, 0) is 30.2 Å². The average Bonchev–Trinajstić information content (AvgIpc) is 3.11. The van der Waals surface area contributed by atoms with Crippen LogP contribution in [0.15, 0.2) is 36.7 Å². The maximum Gasteiger partial charge on any atom is 0.263 e. The first-order valence-corrected chi connectivity index (χ1v) is 9.48. The first-order valence-electron chi connectivity index (χ1n) is 8.67. The molecule has 0 fully saturated rings. The number of thiazole rings is 1. The van der Waals surface area contributed by atoms with E-state index in [-0.39, 0.29) is 17.3 Å². The molecule has 0 atom stereocenters. The number of hydrogen-bond acceptors (Lipinski definition) is 6. The summed E-state index contributed by atoms with van der Waals surface area (Å²) >= 11 is 1.44.